The molecule has 0 unspecified atom stereocenters. The van der Waals surface area contributed by atoms with Crippen LogP contribution in [0.2, 0.25) is 0 Å². The maximum Gasteiger partial charge on any atom is 0.204 e. The standard InChI is InChI=1S/C25H26O6/c1-14(2)5-4-10-25(3,29)21-11-17-20(31-21)12-19(27)22-23(28)18(13-30-24(17)22)15-6-8-16(26)9-7-15/h5-9,12-13,21,26-27,29H,4,10-11H2,1-3H3/t21-,25-/m1/s1. The van der Waals surface area contributed by atoms with Crippen LogP contribution < -0.4 is 10.2 Å². The van der Waals surface area contributed by atoms with Gasteiger partial charge < -0.3 is 24.5 Å². The van der Waals surface area contributed by atoms with E-state index in [-0.39, 0.29) is 33.5 Å². The number of phenols is 2. The molecule has 1 aliphatic rings. The third-order valence-electron chi connectivity index (χ3n) is 5.82. The first-order valence-corrected chi connectivity index (χ1v) is 10.3. The largest absolute Gasteiger partial charge is 0.508 e. The third-order valence-corrected chi connectivity index (χ3v) is 5.82. The molecule has 1 aliphatic heterocycles. The fraction of sp³-hybridized carbons (Fsp3) is 0.320. The van der Waals surface area contributed by atoms with E-state index in [4.69, 9.17) is 9.15 Å². The lowest BCUT2D eigenvalue weighted by molar-refractivity contribution is -0.0433. The normalized spacial score (nSPS) is 17.1. The summed E-state index contributed by atoms with van der Waals surface area (Å²) in [6.45, 7) is 5.77. The summed E-state index contributed by atoms with van der Waals surface area (Å²) in [5, 5.41) is 31.1. The van der Waals surface area contributed by atoms with Gasteiger partial charge in [0.25, 0.3) is 0 Å². The molecule has 3 N–H and O–H groups in total. The predicted octanol–water partition coefficient (Wildman–Crippen LogP) is 4.67. The molecule has 0 fully saturated rings. The molecule has 162 valence electrons. The van der Waals surface area contributed by atoms with Crippen LogP contribution in [0.5, 0.6) is 17.2 Å². The van der Waals surface area contributed by atoms with Crippen molar-refractivity contribution in [3.05, 3.63) is 64.0 Å². The molecule has 4 rings (SSSR count). The van der Waals surface area contributed by atoms with Gasteiger partial charge in [0.15, 0.2) is 0 Å². The highest BCUT2D eigenvalue weighted by atomic mass is 16.5. The number of rotatable bonds is 5. The minimum absolute atomic E-state index is 0.0813. The lowest BCUT2D eigenvalue weighted by atomic mass is 9.89. The Balaban J connectivity index is 1.72. The summed E-state index contributed by atoms with van der Waals surface area (Å²) >= 11 is 0. The Bertz CT molecular complexity index is 1210. The number of fused-ring (bicyclic) bond motifs is 3. The molecule has 0 bridgehead atoms. The Morgan fingerprint density at radius 3 is 2.61 bits per heavy atom. The average molecular weight is 422 g/mol. The lowest BCUT2D eigenvalue weighted by Crippen LogP contribution is -2.42. The number of aromatic hydroxyl groups is 2. The summed E-state index contributed by atoms with van der Waals surface area (Å²) in [7, 11) is 0. The lowest BCUT2D eigenvalue weighted by Gasteiger charge is -2.29. The van der Waals surface area contributed by atoms with Gasteiger partial charge in [0.05, 0.1) is 11.2 Å². The van der Waals surface area contributed by atoms with Gasteiger partial charge in [-0.3, -0.25) is 4.79 Å². The molecule has 31 heavy (non-hydrogen) atoms. The number of ether oxygens (including phenoxy) is 1. The van der Waals surface area contributed by atoms with Crippen LogP contribution in [0.4, 0.5) is 0 Å². The van der Waals surface area contributed by atoms with Crippen LogP contribution in [0.15, 0.2) is 57.5 Å². The quantitative estimate of drug-likeness (QED) is 0.517. The molecule has 3 aromatic rings. The van der Waals surface area contributed by atoms with Crippen LogP contribution in [-0.2, 0) is 6.42 Å². The fourth-order valence-corrected chi connectivity index (χ4v) is 4.00. The molecular weight excluding hydrogens is 396 g/mol. The summed E-state index contributed by atoms with van der Waals surface area (Å²) < 4.78 is 11.8. The smallest absolute Gasteiger partial charge is 0.204 e. The van der Waals surface area contributed by atoms with Crippen LogP contribution in [0, 0.1) is 0 Å². The highest BCUT2D eigenvalue weighted by Crippen LogP contribution is 2.42. The van der Waals surface area contributed by atoms with Gasteiger partial charge in [-0.15, -0.1) is 0 Å². The molecule has 2 atom stereocenters. The van der Waals surface area contributed by atoms with Gasteiger partial charge in [0.1, 0.15) is 40.6 Å². The summed E-state index contributed by atoms with van der Waals surface area (Å²) in [4.78, 5) is 13.1. The highest BCUT2D eigenvalue weighted by Gasteiger charge is 2.40. The average Bonchev–Trinajstić information content (AvgIpc) is 3.13. The first-order valence-electron chi connectivity index (χ1n) is 10.3. The number of phenolic OH excluding ortho intramolecular Hbond substituents is 2. The molecule has 1 aromatic heterocycles. The molecule has 6 heteroatoms. The molecule has 6 nitrogen and oxygen atoms in total. The van der Waals surface area contributed by atoms with Crippen molar-refractivity contribution in [1.82, 2.24) is 0 Å². The molecule has 2 heterocycles. The Morgan fingerprint density at radius 1 is 1.23 bits per heavy atom. The van der Waals surface area contributed by atoms with E-state index in [2.05, 4.69) is 6.08 Å². The maximum absolute atomic E-state index is 13.1. The molecular formula is C25H26O6. The summed E-state index contributed by atoms with van der Waals surface area (Å²) in [5.41, 5.74) is 1.52. The van der Waals surface area contributed by atoms with Crippen molar-refractivity contribution in [2.45, 2.75) is 51.7 Å². The van der Waals surface area contributed by atoms with Crippen molar-refractivity contribution in [3.63, 3.8) is 0 Å². The number of benzene rings is 2. The van der Waals surface area contributed by atoms with Gasteiger partial charge in [0.2, 0.25) is 5.43 Å². The van der Waals surface area contributed by atoms with Crippen molar-refractivity contribution >= 4 is 11.0 Å². The molecule has 0 spiro atoms. The third kappa shape index (κ3) is 3.91. The fourth-order valence-electron chi connectivity index (χ4n) is 4.00. The van der Waals surface area contributed by atoms with E-state index < -0.39 is 11.7 Å². The second kappa shape index (κ2) is 7.78. The highest BCUT2D eigenvalue weighted by molar-refractivity contribution is 5.91. The van der Waals surface area contributed by atoms with E-state index in [0.29, 0.717) is 29.7 Å². The van der Waals surface area contributed by atoms with Gasteiger partial charge >= 0.3 is 0 Å². The van der Waals surface area contributed by atoms with E-state index in [0.717, 1.165) is 6.42 Å². The molecule has 0 saturated carbocycles. The first-order chi connectivity index (χ1) is 14.7. The van der Waals surface area contributed by atoms with Gasteiger partial charge in [-0.1, -0.05) is 23.8 Å². The van der Waals surface area contributed by atoms with Crippen LogP contribution in [0.1, 0.15) is 39.2 Å². The SMILES string of the molecule is CC(C)=CCC[C@@](C)(O)[C@H]1Cc2c(cc(O)c3c(=O)c(-c4ccc(O)cc4)coc23)O1. The van der Waals surface area contributed by atoms with E-state index in [1.54, 1.807) is 19.1 Å². The minimum Gasteiger partial charge on any atom is -0.508 e. The first kappa shape index (κ1) is 21.0. The predicted molar refractivity (Wildman–Crippen MR) is 119 cm³/mol. The van der Waals surface area contributed by atoms with Crippen molar-refractivity contribution < 1.29 is 24.5 Å². The number of allylic oxidation sites excluding steroid dienone is 2. The van der Waals surface area contributed by atoms with Gasteiger partial charge in [0, 0.05) is 18.1 Å². The van der Waals surface area contributed by atoms with Crippen LogP contribution in [-0.4, -0.2) is 27.0 Å². The Hall–Kier alpha value is -3.25. The van der Waals surface area contributed by atoms with Gasteiger partial charge in [-0.25, -0.2) is 0 Å². The zero-order valence-corrected chi connectivity index (χ0v) is 17.8. The minimum atomic E-state index is -1.08. The summed E-state index contributed by atoms with van der Waals surface area (Å²) in [6.07, 6.45) is 4.53. The second-order valence-electron chi connectivity index (χ2n) is 8.59. The Kier molecular flexibility index (Phi) is 5.27. The van der Waals surface area contributed by atoms with E-state index in [9.17, 15) is 20.1 Å². The summed E-state index contributed by atoms with van der Waals surface area (Å²) in [6, 6.07) is 7.61. The van der Waals surface area contributed by atoms with Crippen molar-refractivity contribution in [2.75, 3.05) is 0 Å². The zero-order valence-electron chi connectivity index (χ0n) is 17.8. The van der Waals surface area contributed by atoms with Crippen LogP contribution in [0.3, 0.4) is 0 Å². The molecule has 0 saturated heterocycles. The van der Waals surface area contributed by atoms with Crippen LogP contribution in [0.25, 0.3) is 22.1 Å². The van der Waals surface area contributed by atoms with E-state index >= 15 is 0 Å². The van der Waals surface area contributed by atoms with Gasteiger partial charge in [-0.05, 0) is 51.3 Å². The van der Waals surface area contributed by atoms with Crippen molar-refractivity contribution in [1.29, 1.82) is 0 Å². The van der Waals surface area contributed by atoms with Crippen molar-refractivity contribution in [3.8, 4) is 28.4 Å². The maximum atomic E-state index is 13.1. The second-order valence-corrected chi connectivity index (χ2v) is 8.59. The monoisotopic (exact) mass is 422 g/mol. The number of hydrogen-bond donors (Lipinski definition) is 3. The Labute approximate surface area is 180 Å². The topological polar surface area (TPSA) is 100 Å². The van der Waals surface area contributed by atoms with Gasteiger partial charge in [-0.2, -0.15) is 0 Å². The summed E-state index contributed by atoms with van der Waals surface area (Å²) in [5.74, 6) is 0.278. The van der Waals surface area contributed by atoms with E-state index in [1.165, 1.54) is 30.0 Å². The zero-order chi connectivity index (χ0) is 22.3. The number of aliphatic hydroxyl groups is 1. The molecule has 0 amide bonds. The molecule has 0 aliphatic carbocycles. The number of hydrogen-bond acceptors (Lipinski definition) is 6. The van der Waals surface area contributed by atoms with Crippen LogP contribution >= 0.6 is 0 Å². The van der Waals surface area contributed by atoms with E-state index in [1.807, 2.05) is 13.8 Å². The Morgan fingerprint density at radius 2 is 1.94 bits per heavy atom. The van der Waals surface area contributed by atoms with Crippen molar-refractivity contribution in [2.24, 2.45) is 0 Å². The molecule has 2 aromatic carbocycles. The molecule has 0 radical (unpaired) electrons.